The topological polar surface area (TPSA) is 66.4 Å². The van der Waals surface area contributed by atoms with Gasteiger partial charge in [0.2, 0.25) is 0 Å². The van der Waals surface area contributed by atoms with E-state index in [9.17, 15) is 13.6 Å². The first kappa shape index (κ1) is 18.8. The van der Waals surface area contributed by atoms with Gasteiger partial charge in [-0.2, -0.15) is 0 Å². The predicted molar refractivity (Wildman–Crippen MR) is 87.6 cm³/mol. The van der Waals surface area contributed by atoms with E-state index in [1.165, 1.54) is 7.11 Å². The number of carbonyl (C=O) groups excluding carboxylic acids is 1. The van der Waals surface area contributed by atoms with Crippen molar-refractivity contribution in [3.63, 3.8) is 0 Å². The van der Waals surface area contributed by atoms with Crippen LogP contribution in [0.1, 0.15) is 67.9 Å². The summed E-state index contributed by atoms with van der Waals surface area (Å²) in [6.07, 6.45) is 4.10. The lowest BCUT2D eigenvalue weighted by molar-refractivity contribution is 0.0600. The summed E-state index contributed by atoms with van der Waals surface area (Å²) in [5, 5.41) is 0. The molecule has 1 aromatic rings. The Morgan fingerprint density at radius 3 is 2.55 bits per heavy atom. The molecule has 0 amide bonds. The summed E-state index contributed by atoms with van der Waals surface area (Å²) in [4.78, 5) is 11.7. The van der Waals surface area contributed by atoms with Crippen molar-refractivity contribution in [3.8, 4) is 0 Å². The smallest absolute Gasteiger partial charge is 0.337 e. The highest BCUT2D eigenvalue weighted by Gasteiger charge is 2.27. The summed E-state index contributed by atoms with van der Waals surface area (Å²) in [6.45, 7) is 6.42. The standard InChI is InChI=1S/C17H26O4S/c1-5-7-10-17(3,6-2)15-9-8-13(16(18)21-4)11-14(15)12-22(19)20/h8-9,11H,5-7,10,12H2,1-4H3,(H,19,20)/p-1. The third-order valence-corrected chi connectivity index (χ3v) is 4.86. The molecule has 0 aromatic heterocycles. The number of methoxy groups -OCH3 is 1. The third kappa shape index (κ3) is 4.65. The van der Waals surface area contributed by atoms with Gasteiger partial charge in [-0.05, 0) is 41.5 Å². The van der Waals surface area contributed by atoms with Crippen LogP contribution in [-0.4, -0.2) is 21.8 Å². The van der Waals surface area contributed by atoms with Gasteiger partial charge in [-0.15, -0.1) is 0 Å². The van der Waals surface area contributed by atoms with Crippen LogP contribution in [0.2, 0.25) is 0 Å². The second-order valence-electron chi connectivity index (χ2n) is 5.83. The van der Waals surface area contributed by atoms with E-state index in [1.54, 1.807) is 12.1 Å². The molecule has 1 rings (SSSR count). The van der Waals surface area contributed by atoms with Crippen molar-refractivity contribution in [1.82, 2.24) is 0 Å². The van der Waals surface area contributed by atoms with Crippen molar-refractivity contribution in [3.05, 3.63) is 34.9 Å². The molecule has 0 saturated carbocycles. The monoisotopic (exact) mass is 325 g/mol. The first-order valence-electron chi connectivity index (χ1n) is 7.65. The fraction of sp³-hybridized carbons (Fsp3) is 0.588. The van der Waals surface area contributed by atoms with Gasteiger partial charge in [-0.3, -0.25) is 4.21 Å². The third-order valence-electron chi connectivity index (χ3n) is 4.31. The molecule has 22 heavy (non-hydrogen) atoms. The highest BCUT2D eigenvalue weighted by Crippen LogP contribution is 2.36. The van der Waals surface area contributed by atoms with E-state index in [4.69, 9.17) is 4.74 Å². The van der Waals surface area contributed by atoms with Gasteiger partial charge in [-0.1, -0.05) is 50.8 Å². The van der Waals surface area contributed by atoms with Crippen molar-refractivity contribution < 1.29 is 18.3 Å². The van der Waals surface area contributed by atoms with Crippen LogP contribution in [0.5, 0.6) is 0 Å². The molecular formula is C17H25O4S-. The number of hydrogen-bond acceptors (Lipinski definition) is 4. The van der Waals surface area contributed by atoms with Crippen LogP contribution in [0.25, 0.3) is 0 Å². The van der Waals surface area contributed by atoms with Crippen molar-refractivity contribution >= 4 is 17.0 Å². The first-order valence-corrected chi connectivity index (χ1v) is 8.90. The van der Waals surface area contributed by atoms with Gasteiger partial charge < -0.3 is 9.29 Å². The Kier molecular flexibility index (Phi) is 7.23. The summed E-state index contributed by atoms with van der Waals surface area (Å²) in [5.74, 6) is -0.529. The molecule has 0 saturated heterocycles. The molecule has 2 unspecified atom stereocenters. The second-order valence-corrected chi connectivity index (χ2v) is 6.73. The lowest BCUT2D eigenvalue weighted by atomic mass is 9.74. The van der Waals surface area contributed by atoms with Gasteiger partial charge in [0.25, 0.3) is 0 Å². The lowest BCUT2D eigenvalue weighted by Crippen LogP contribution is -2.23. The summed E-state index contributed by atoms with van der Waals surface area (Å²) < 4.78 is 27.1. The normalized spacial score (nSPS) is 15.1. The van der Waals surface area contributed by atoms with Crippen LogP contribution in [0.15, 0.2) is 18.2 Å². The molecule has 5 heteroatoms. The molecule has 0 aliphatic rings. The zero-order valence-electron chi connectivity index (χ0n) is 13.8. The van der Waals surface area contributed by atoms with E-state index >= 15 is 0 Å². The second kappa shape index (κ2) is 8.44. The van der Waals surface area contributed by atoms with E-state index in [1.807, 2.05) is 6.07 Å². The highest BCUT2D eigenvalue weighted by atomic mass is 32.2. The maximum absolute atomic E-state index is 11.7. The molecule has 0 bridgehead atoms. The van der Waals surface area contributed by atoms with Gasteiger partial charge in [0.05, 0.1) is 12.7 Å². The Balaban J connectivity index is 3.31. The van der Waals surface area contributed by atoms with Gasteiger partial charge in [0, 0.05) is 5.75 Å². The van der Waals surface area contributed by atoms with Crippen LogP contribution in [-0.2, 0) is 27.0 Å². The van der Waals surface area contributed by atoms with Crippen LogP contribution in [0, 0.1) is 0 Å². The number of benzene rings is 1. The molecule has 0 fully saturated rings. The van der Waals surface area contributed by atoms with Gasteiger partial charge in [0.15, 0.2) is 0 Å². The number of ether oxygens (including phenoxy) is 1. The summed E-state index contributed by atoms with van der Waals surface area (Å²) in [6, 6.07) is 5.25. The maximum atomic E-state index is 11.7. The Hall–Kier alpha value is -1.20. The summed E-state index contributed by atoms with van der Waals surface area (Å²) >= 11 is -2.19. The number of unbranched alkanes of at least 4 members (excludes halogenated alkanes) is 1. The van der Waals surface area contributed by atoms with Crippen molar-refractivity contribution in [2.45, 2.75) is 57.6 Å². The van der Waals surface area contributed by atoms with Crippen LogP contribution in [0.4, 0.5) is 0 Å². The van der Waals surface area contributed by atoms with Crippen molar-refractivity contribution in [2.24, 2.45) is 0 Å². The van der Waals surface area contributed by atoms with Crippen molar-refractivity contribution in [2.75, 3.05) is 7.11 Å². The average Bonchev–Trinajstić information content (AvgIpc) is 2.51. The molecule has 4 nitrogen and oxygen atoms in total. The van der Waals surface area contributed by atoms with Crippen LogP contribution < -0.4 is 0 Å². The molecule has 0 aliphatic carbocycles. The zero-order valence-corrected chi connectivity index (χ0v) is 14.6. The van der Waals surface area contributed by atoms with Crippen LogP contribution >= 0.6 is 0 Å². The minimum absolute atomic E-state index is 0.0815. The molecule has 124 valence electrons. The average molecular weight is 325 g/mol. The number of carbonyl (C=O) groups is 1. The van der Waals surface area contributed by atoms with E-state index in [2.05, 4.69) is 20.8 Å². The molecule has 0 heterocycles. The number of rotatable bonds is 8. The van der Waals surface area contributed by atoms with Gasteiger partial charge >= 0.3 is 5.97 Å². The van der Waals surface area contributed by atoms with E-state index in [-0.39, 0.29) is 11.2 Å². The SMILES string of the molecule is CCCCC(C)(CC)c1ccc(C(=O)OC)cc1CS(=O)[O-]. The van der Waals surface area contributed by atoms with Crippen LogP contribution in [0.3, 0.4) is 0 Å². The Morgan fingerprint density at radius 1 is 1.36 bits per heavy atom. The fourth-order valence-corrected chi connectivity index (χ4v) is 3.24. The molecule has 0 spiro atoms. The lowest BCUT2D eigenvalue weighted by Gasteiger charge is -2.32. The van der Waals surface area contributed by atoms with Crippen molar-refractivity contribution in [1.29, 1.82) is 0 Å². The minimum Gasteiger partial charge on any atom is -0.772 e. The fourth-order valence-electron chi connectivity index (χ4n) is 2.74. The predicted octanol–water partition coefficient (Wildman–Crippen LogP) is 3.71. The largest absolute Gasteiger partial charge is 0.772 e. The summed E-state index contributed by atoms with van der Waals surface area (Å²) in [7, 11) is 1.32. The minimum atomic E-state index is -2.19. The Labute approximate surface area is 135 Å². The van der Waals surface area contributed by atoms with Gasteiger partial charge in [0.1, 0.15) is 0 Å². The van der Waals surface area contributed by atoms with E-state index < -0.39 is 17.0 Å². The molecule has 1 aromatic carbocycles. The number of esters is 1. The maximum Gasteiger partial charge on any atom is 0.337 e. The van der Waals surface area contributed by atoms with Gasteiger partial charge in [-0.25, -0.2) is 4.79 Å². The molecule has 0 N–H and O–H groups in total. The molecular weight excluding hydrogens is 300 g/mol. The quantitative estimate of drug-likeness (QED) is 0.540. The zero-order chi connectivity index (χ0) is 16.8. The highest BCUT2D eigenvalue weighted by molar-refractivity contribution is 7.78. The number of hydrogen-bond donors (Lipinski definition) is 0. The Bertz CT molecular complexity index is 541. The van der Waals surface area contributed by atoms with E-state index in [0.29, 0.717) is 11.1 Å². The Morgan fingerprint density at radius 2 is 2.05 bits per heavy atom. The first-order chi connectivity index (χ1) is 10.4. The molecule has 0 aliphatic heterocycles. The molecule has 0 radical (unpaired) electrons. The summed E-state index contributed by atoms with van der Waals surface area (Å²) in [5.41, 5.74) is 2.01. The molecule has 2 atom stereocenters. The van der Waals surface area contributed by atoms with E-state index in [0.717, 1.165) is 31.2 Å².